The molecule has 0 bridgehead atoms. The van der Waals surface area contributed by atoms with Crippen LogP contribution in [0.15, 0.2) is 18.2 Å². The average Bonchev–Trinajstić information content (AvgIpc) is 3.12. The maximum Gasteiger partial charge on any atom is 0.337 e. The lowest BCUT2D eigenvalue weighted by Gasteiger charge is -2.13. The number of anilines is 1. The standard InChI is InChI=1S/C12H13ClN2O3/c13-9-2-1-7(5-8(9)10(16)17)15-11(18)12(6-14)3-4-12/h1-2,5H,3-4,6,14H2,(H,15,18)(H,16,17). The number of nitrogens with one attached hydrogen (secondary N) is 1. The first-order valence-corrected chi connectivity index (χ1v) is 5.91. The molecule has 18 heavy (non-hydrogen) atoms. The SMILES string of the molecule is NCC1(C(=O)Nc2ccc(Cl)c(C(=O)O)c2)CC1. The molecule has 0 unspecified atom stereocenters. The molecule has 1 amide bonds. The molecule has 5 nitrogen and oxygen atoms in total. The van der Waals surface area contributed by atoms with Crippen LogP contribution in [-0.2, 0) is 4.79 Å². The maximum absolute atomic E-state index is 11.9. The van der Waals surface area contributed by atoms with Crippen molar-refractivity contribution in [1.29, 1.82) is 0 Å². The summed E-state index contributed by atoms with van der Waals surface area (Å²) in [6.07, 6.45) is 1.55. The van der Waals surface area contributed by atoms with Crippen molar-refractivity contribution in [2.75, 3.05) is 11.9 Å². The summed E-state index contributed by atoms with van der Waals surface area (Å²) in [6.45, 7) is 0.304. The monoisotopic (exact) mass is 268 g/mol. The molecule has 0 spiro atoms. The molecule has 0 saturated heterocycles. The van der Waals surface area contributed by atoms with Crippen LogP contribution >= 0.6 is 11.6 Å². The first-order chi connectivity index (χ1) is 8.48. The summed E-state index contributed by atoms with van der Waals surface area (Å²) < 4.78 is 0. The van der Waals surface area contributed by atoms with Crippen molar-refractivity contribution in [3.05, 3.63) is 28.8 Å². The minimum atomic E-state index is -1.13. The predicted octanol–water partition coefficient (Wildman–Crippen LogP) is 1.72. The van der Waals surface area contributed by atoms with Crippen LogP contribution in [0.5, 0.6) is 0 Å². The number of carboxylic acid groups (broad SMARTS) is 1. The van der Waals surface area contributed by atoms with E-state index >= 15 is 0 Å². The Balaban J connectivity index is 2.17. The molecular formula is C12H13ClN2O3. The highest BCUT2D eigenvalue weighted by atomic mass is 35.5. The highest BCUT2D eigenvalue weighted by Crippen LogP contribution is 2.45. The van der Waals surface area contributed by atoms with Crippen LogP contribution in [0.4, 0.5) is 5.69 Å². The average molecular weight is 269 g/mol. The smallest absolute Gasteiger partial charge is 0.337 e. The summed E-state index contributed by atoms with van der Waals surface area (Å²) in [5, 5.41) is 11.7. The molecule has 2 rings (SSSR count). The lowest BCUT2D eigenvalue weighted by molar-refractivity contribution is -0.120. The van der Waals surface area contributed by atoms with E-state index in [1.165, 1.54) is 12.1 Å². The lowest BCUT2D eigenvalue weighted by atomic mass is 10.1. The number of carbonyl (C=O) groups excluding carboxylic acids is 1. The topological polar surface area (TPSA) is 92.4 Å². The van der Waals surface area contributed by atoms with Gasteiger partial charge >= 0.3 is 5.97 Å². The first kappa shape index (κ1) is 12.9. The van der Waals surface area contributed by atoms with Gasteiger partial charge in [0.1, 0.15) is 0 Å². The molecule has 1 aliphatic carbocycles. The molecule has 0 radical (unpaired) electrons. The number of benzene rings is 1. The highest BCUT2D eigenvalue weighted by Gasteiger charge is 2.48. The van der Waals surface area contributed by atoms with Crippen LogP contribution in [0.3, 0.4) is 0 Å². The molecule has 4 N–H and O–H groups in total. The molecule has 0 aromatic heterocycles. The molecular weight excluding hydrogens is 256 g/mol. The quantitative estimate of drug-likeness (QED) is 0.775. The van der Waals surface area contributed by atoms with Gasteiger partial charge in [-0.3, -0.25) is 4.79 Å². The molecule has 1 fully saturated rings. The molecule has 1 saturated carbocycles. The van der Waals surface area contributed by atoms with Crippen LogP contribution in [0.25, 0.3) is 0 Å². The maximum atomic E-state index is 11.9. The van der Waals surface area contributed by atoms with E-state index in [4.69, 9.17) is 22.4 Å². The summed E-state index contributed by atoms with van der Waals surface area (Å²) in [5.74, 6) is -1.29. The van der Waals surface area contributed by atoms with Crippen molar-refractivity contribution in [2.24, 2.45) is 11.1 Å². The molecule has 96 valence electrons. The molecule has 0 aliphatic heterocycles. The van der Waals surface area contributed by atoms with Crippen molar-refractivity contribution in [3.63, 3.8) is 0 Å². The summed E-state index contributed by atoms with van der Waals surface area (Å²) >= 11 is 5.74. The minimum absolute atomic E-state index is 0.0351. The Morgan fingerprint density at radius 1 is 1.44 bits per heavy atom. The Hall–Kier alpha value is -1.59. The van der Waals surface area contributed by atoms with E-state index in [-0.39, 0.29) is 16.5 Å². The molecule has 1 aromatic rings. The Morgan fingerprint density at radius 3 is 2.61 bits per heavy atom. The zero-order valence-electron chi connectivity index (χ0n) is 9.57. The Bertz CT molecular complexity index is 512. The van der Waals surface area contributed by atoms with E-state index in [2.05, 4.69) is 5.32 Å². The van der Waals surface area contributed by atoms with Gasteiger partial charge in [-0.1, -0.05) is 11.6 Å². The highest BCUT2D eigenvalue weighted by molar-refractivity contribution is 6.33. The molecule has 1 aromatic carbocycles. The first-order valence-electron chi connectivity index (χ1n) is 5.53. The number of carbonyl (C=O) groups is 2. The Morgan fingerprint density at radius 2 is 2.11 bits per heavy atom. The largest absolute Gasteiger partial charge is 0.478 e. The minimum Gasteiger partial charge on any atom is -0.478 e. The van der Waals surface area contributed by atoms with Gasteiger partial charge in [0.15, 0.2) is 0 Å². The van der Waals surface area contributed by atoms with E-state index < -0.39 is 11.4 Å². The number of nitrogens with two attached hydrogens (primary N) is 1. The van der Waals surface area contributed by atoms with E-state index in [1.54, 1.807) is 6.07 Å². The second-order valence-corrected chi connectivity index (χ2v) is 4.85. The third kappa shape index (κ3) is 2.32. The molecule has 0 atom stereocenters. The number of amides is 1. The number of carboxylic acids is 1. The Kier molecular flexibility index (Phi) is 3.28. The fraction of sp³-hybridized carbons (Fsp3) is 0.333. The number of rotatable bonds is 4. The third-order valence-electron chi connectivity index (χ3n) is 3.18. The van der Waals surface area contributed by atoms with Crippen LogP contribution in [0.1, 0.15) is 23.2 Å². The fourth-order valence-corrected chi connectivity index (χ4v) is 1.90. The van der Waals surface area contributed by atoms with Gasteiger partial charge < -0.3 is 16.2 Å². The number of aromatic carboxylic acids is 1. The third-order valence-corrected chi connectivity index (χ3v) is 3.51. The fourth-order valence-electron chi connectivity index (χ4n) is 1.71. The van der Waals surface area contributed by atoms with Gasteiger partial charge in [-0.05, 0) is 31.0 Å². The van der Waals surface area contributed by atoms with Crippen molar-refractivity contribution in [1.82, 2.24) is 0 Å². The molecule has 0 heterocycles. The van der Waals surface area contributed by atoms with Gasteiger partial charge in [0, 0.05) is 12.2 Å². The second kappa shape index (κ2) is 4.59. The summed E-state index contributed by atoms with van der Waals surface area (Å²) in [6, 6.07) is 4.36. The lowest BCUT2D eigenvalue weighted by Crippen LogP contribution is -2.30. The van der Waals surface area contributed by atoms with Crippen LogP contribution in [0.2, 0.25) is 5.02 Å². The predicted molar refractivity (Wildman–Crippen MR) is 67.8 cm³/mol. The van der Waals surface area contributed by atoms with Crippen LogP contribution in [0, 0.1) is 5.41 Å². The van der Waals surface area contributed by atoms with Crippen molar-refractivity contribution in [3.8, 4) is 0 Å². The van der Waals surface area contributed by atoms with Crippen molar-refractivity contribution < 1.29 is 14.7 Å². The number of halogens is 1. The van der Waals surface area contributed by atoms with Crippen molar-refractivity contribution in [2.45, 2.75) is 12.8 Å². The van der Waals surface area contributed by atoms with E-state index in [9.17, 15) is 9.59 Å². The zero-order chi connectivity index (χ0) is 13.3. The van der Waals surface area contributed by atoms with E-state index in [0.717, 1.165) is 12.8 Å². The number of hydrogen-bond acceptors (Lipinski definition) is 3. The number of hydrogen-bond donors (Lipinski definition) is 3. The zero-order valence-corrected chi connectivity index (χ0v) is 10.3. The molecule has 6 heteroatoms. The van der Waals surface area contributed by atoms with Gasteiger partial charge in [0.05, 0.1) is 16.0 Å². The van der Waals surface area contributed by atoms with Gasteiger partial charge in [0.25, 0.3) is 0 Å². The van der Waals surface area contributed by atoms with Crippen LogP contribution < -0.4 is 11.1 Å². The van der Waals surface area contributed by atoms with Crippen LogP contribution in [-0.4, -0.2) is 23.5 Å². The summed E-state index contributed by atoms with van der Waals surface area (Å²) in [7, 11) is 0. The van der Waals surface area contributed by atoms with Gasteiger partial charge in [-0.25, -0.2) is 4.79 Å². The Labute approximate surface area is 109 Å². The normalized spacial score (nSPS) is 16.1. The summed E-state index contributed by atoms with van der Waals surface area (Å²) in [4.78, 5) is 22.8. The van der Waals surface area contributed by atoms with Gasteiger partial charge in [0.2, 0.25) is 5.91 Å². The van der Waals surface area contributed by atoms with Gasteiger partial charge in [-0.2, -0.15) is 0 Å². The van der Waals surface area contributed by atoms with Gasteiger partial charge in [-0.15, -0.1) is 0 Å². The second-order valence-electron chi connectivity index (χ2n) is 4.44. The summed E-state index contributed by atoms with van der Waals surface area (Å²) in [5.41, 5.74) is 5.46. The van der Waals surface area contributed by atoms with E-state index in [0.29, 0.717) is 12.2 Å². The van der Waals surface area contributed by atoms with E-state index in [1.807, 2.05) is 0 Å². The van der Waals surface area contributed by atoms with Crippen molar-refractivity contribution >= 4 is 29.2 Å². The molecule has 1 aliphatic rings.